The number of hydrogen-bond donors (Lipinski definition) is 4. The Morgan fingerprint density at radius 2 is 1.81 bits per heavy atom. The molecule has 2 aromatic heterocycles. The monoisotopic (exact) mass is 741 g/mol. The van der Waals surface area contributed by atoms with Crippen molar-refractivity contribution in [2.75, 3.05) is 11.9 Å². The molecular weight excluding hydrogens is 702 g/mol. The third-order valence-electron chi connectivity index (χ3n) is 8.72. The first-order chi connectivity index (χ1) is 24.4. The van der Waals surface area contributed by atoms with Gasteiger partial charge in [-0.25, -0.2) is 13.9 Å². The van der Waals surface area contributed by atoms with Crippen molar-refractivity contribution in [2.24, 2.45) is 5.92 Å². The van der Waals surface area contributed by atoms with Gasteiger partial charge in [0.1, 0.15) is 27.6 Å². The van der Waals surface area contributed by atoms with Crippen LogP contribution in [0.15, 0.2) is 73.1 Å². The van der Waals surface area contributed by atoms with Gasteiger partial charge in [0.05, 0.1) is 11.4 Å². The molecule has 2 heterocycles. The minimum Gasteiger partial charge on any atom is -0.598 e. The van der Waals surface area contributed by atoms with Crippen molar-refractivity contribution in [1.82, 2.24) is 24.4 Å². The molecule has 4 aromatic rings. The van der Waals surface area contributed by atoms with E-state index >= 15 is 4.39 Å². The number of nitrogens with zero attached hydrogens (tertiary/aromatic N) is 4. The van der Waals surface area contributed by atoms with Gasteiger partial charge in [-0.2, -0.15) is 18.3 Å². The lowest BCUT2D eigenvalue weighted by molar-refractivity contribution is -0.141. The fourth-order valence-corrected chi connectivity index (χ4v) is 6.62. The van der Waals surface area contributed by atoms with Crippen LogP contribution in [-0.4, -0.2) is 58.5 Å². The number of carboxylic acid groups (broad SMARTS) is 1. The highest BCUT2D eigenvalue weighted by Crippen LogP contribution is 2.43. The van der Waals surface area contributed by atoms with Gasteiger partial charge in [0.15, 0.2) is 5.69 Å². The van der Waals surface area contributed by atoms with Crippen molar-refractivity contribution in [3.63, 3.8) is 0 Å². The zero-order valence-electron chi connectivity index (χ0n) is 28.9. The molecule has 1 aliphatic rings. The molecule has 1 fully saturated rings. The molecule has 4 N–H and O–H groups in total. The standard InChI is InChI=1S/C36H39F4N7O4S/c1-5-46(33(49)50)31(41)23-8-6-10-26(18-23)47-29(20-30(44-47)36(38,39)40)32(48)43-28-19-24(13-14-27(28)37)35(16-15-22-11-12-22,25-9-7-17-42-21-25)45-52(51)34(2,3)4/h6-10,13-14,17-22,41,45H,5,11-12,15-16H2,1-4H3,(H,43,48)(H,49,50)/t35-,52?/m1/s1. The molecule has 16 heteroatoms. The fraction of sp³-hybridized carbons (Fsp3) is 0.361. The first-order valence-corrected chi connectivity index (χ1v) is 17.7. The Labute approximate surface area is 301 Å². The number of aromatic nitrogens is 3. The molecule has 2 aromatic carbocycles. The lowest BCUT2D eigenvalue weighted by Gasteiger charge is -2.38. The van der Waals surface area contributed by atoms with Crippen molar-refractivity contribution in [3.8, 4) is 5.69 Å². The second-order valence-electron chi connectivity index (χ2n) is 13.5. The minimum atomic E-state index is -4.96. The van der Waals surface area contributed by atoms with Gasteiger partial charge >= 0.3 is 12.3 Å². The number of nitrogens with one attached hydrogen (secondary N) is 3. The highest BCUT2D eigenvalue weighted by Gasteiger charge is 2.44. The van der Waals surface area contributed by atoms with Crippen LogP contribution < -0.4 is 10.0 Å². The number of anilines is 1. The summed E-state index contributed by atoms with van der Waals surface area (Å²) in [5, 5.41) is 23.9. The third-order valence-corrected chi connectivity index (χ3v) is 10.4. The van der Waals surface area contributed by atoms with Gasteiger partial charge in [-0.1, -0.05) is 37.1 Å². The van der Waals surface area contributed by atoms with E-state index in [1.54, 1.807) is 18.5 Å². The maximum atomic E-state index is 15.6. The van der Waals surface area contributed by atoms with E-state index in [0.717, 1.165) is 30.2 Å². The van der Waals surface area contributed by atoms with E-state index in [1.807, 2.05) is 26.8 Å². The van der Waals surface area contributed by atoms with Gasteiger partial charge in [-0.05, 0) is 87.9 Å². The number of amides is 2. The molecule has 1 aliphatic carbocycles. The van der Waals surface area contributed by atoms with E-state index < -0.39 is 62.9 Å². The molecule has 2 atom stereocenters. The molecule has 0 bridgehead atoms. The summed E-state index contributed by atoms with van der Waals surface area (Å²) in [5.74, 6) is -1.98. The number of pyridine rings is 1. The number of amidine groups is 1. The van der Waals surface area contributed by atoms with Crippen LogP contribution in [0.1, 0.15) is 86.3 Å². The van der Waals surface area contributed by atoms with Gasteiger partial charge in [-0.3, -0.25) is 20.1 Å². The Bertz CT molecular complexity index is 1950. The Hall–Kier alpha value is -4.80. The van der Waals surface area contributed by atoms with Gasteiger partial charge in [-0.15, -0.1) is 4.72 Å². The van der Waals surface area contributed by atoms with Crippen LogP contribution in [-0.2, 0) is 23.1 Å². The molecule has 1 saturated carbocycles. The summed E-state index contributed by atoms with van der Waals surface area (Å²) in [7, 11) is 0. The van der Waals surface area contributed by atoms with Crippen molar-refractivity contribution in [1.29, 1.82) is 5.41 Å². The van der Waals surface area contributed by atoms with Gasteiger partial charge in [0.2, 0.25) is 0 Å². The minimum absolute atomic E-state index is 0.0361. The maximum absolute atomic E-state index is 15.6. The average molecular weight is 742 g/mol. The summed E-state index contributed by atoms with van der Waals surface area (Å²) < 4.78 is 74.4. The molecule has 11 nitrogen and oxygen atoms in total. The van der Waals surface area contributed by atoms with Crippen LogP contribution in [0.25, 0.3) is 5.69 Å². The number of rotatable bonds is 12. The lowest BCUT2D eigenvalue weighted by Crippen LogP contribution is -2.52. The van der Waals surface area contributed by atoms with E-state index in [0.29, 0.717) is 34.2 Å². The normalized spacial score (nSPS) is 15.1. The molecule has 0 radical (unpaired) electrons. The lowest BCUT2D eigenvalue weighted by atomic mass is 9.80. The summed E-state index contributed by atoms with van der Waals surface area (Å²) >= 11 is -1.62. The quantitative estimate of drug-likeness (QED) is 0.0507. The molecule has 0 saturated heterocycles. The molecule has 276 valence electrons. The zero-order valence-corrected chi connectivity index (χ0v) is 29.7. The SMILES string of the molecule is CCN(C(=N)c1cccc(-n2nc(C(F)(F)F)cc2C(=O)Nc2cc([C@@](CCC3CC3)(N[S+]([O-])C(C)(C)C)c3cccnc3)ccc2F)c1)C(=O)O. The van der Waals surface area contributed by atoms with Gasteiger partial charge in [0, 0.05) is 41.9 Å². The second kappa shape index (κ2) is 15.0. The molecule has 2 amide bonds. The van der Waals surface area contributed by atoms with Crippen molar-refractivity contribution in [2.45, 2.75) is 69.8 Å². The second-order valence-corrected chi connectivity index (χ2v) is 15.5. The Morgan fingerprint density at radius 1 is 1.08 bits per heavy atom. The number of carbonyl (C=O) groups excluding carboxylic acids is 1. The number of carbonyl (C=O) groups is 2. The first kappa shape index (κ1) is 38.4. The summed E-state index contributed by atoms with van der Waals surface area (Å²) in [6.45, 7) is 6.87. The van der Waals surface area contributed by atoms with E-state index in [4.69, 9.17) is 5.41 Å². The van der Waals surface area contributed by atoms with Gasteiger partial charge in [0.25, 0.3) is 5.91 Å². The summed E-state index contributed by atoms with van der Waals surface area (Å²) in [6.07, 6.45) is 0.152. The van der Waals surface area contributed by atoms with E-state index in [-0.39, 0.29) is 23.5 Å². The van der Waals surface area contributed by atoms with Crippen LogP contribution in [0, 0.1) is 17.1 Å². The Kier molecular flexibility index (Phi) is 11.1. The number of halogens is 4. The predicted molar refractivity (Wildman–Crippen MR) is 188 cm³/mol. The van der Waals surface area contributed by atoms with Gasteiger partial charge < -0.3 is 15.0 Å². The van der Waals surface area contributed by atoms with Crippen LogP contribution in [0.3, 0.4) is 0 Å². The summed E-state index contributed by atoms with van der Waals surface area (Å²) in [6, 6.07) is 13.4. The number of hydrogen-bond acceptors (Lipinski definition) is 7. The molecule has 5 rings (SSSR count). The predicted octanol–water partition coefficient (Wildman–Crippen LogP) is 7.49. The molecule has 0 spiro atoms. The summed E-state index contributed by atoms with van der Waals surface area (Å²) in [4.78, 5) is 30.5. The number of alkyl halides is 3. The van der Waals surface area contributed by atoms with Crippen molar-refractivity contribution < 1.29 is 36.8 Å². The van der Waals surface area contributed by atoms with Crippen molar-refractivity contribution in [3.05, 3.63) is 107 Å². The molecule has 52 heavy (non-hydrogen) atoms. The smallest absolute Gasteiger partial charge is 0.435 e. The third kappa shape index (κ3) is 8.45. The molecular formula is C36H39F4N7O4S. The largest absolute Gasteiger partial charge is 0.598 e. The average Bonchev–Trinajstić information content (AvgIpc) is 3.81. The van der Waals surface area contributed by atoms with Crippen molar-refractivity contribution >= 4 is 34.9 Å². The topological polar surface area (TPSA) is 159 Å². The Balaban J connectivity index is 1.58. The summed E-state index contributed by atoms with van der Waals surface area (Å²) in [5.41, 5.74) is -2.45. The maximum Gasteiger partial charge on any atom is 0.435 e. The fourth-order valence-electron chi connectivity index (χ4n) is 5.66. The highest BCUT2D eigenvalue weighted by molar-refractivity contribution is 7.90. The molecule has 0 aliphatic heterocycles. The van der Waals surface area contributed by atoms with E-state index in [1.165, 1.54) is 43.3 Å². The van der Waals surface area contributed by atoms with Crippen LogP contribution >= 0.6 is 0 Å². The first-order valence-electron chi connectivity index (χ1n) is 16.5. The number of benzene rings is 2. The zero-order chi connectivity index (χ0) is 38.0. The van der Waals surface area contributed by atoms with Crippen LogP contribution in [0.2, 0.25) is 0 Å². The van der Waals surface area contributed by atoms with E-state index in [2.05, 4.69) is 20.1 Å². The van der Waals surface area contributed by atoms with E-state index in [9.17, 15) is 32.4 Å². The van der Waals surface area contributed by atoms with Crippen LogP contribution in [0.5, 0.6) is 0 Å². The highest BCUT2D eigenvalue weighted by atomic mass is 32.2. The van der Waals surface area contributed by atoms with Crippen LogP contribution in [0.4, 0.5) is 28.0 Å². The Morgan fingerprint density at radius 3 is 2.40 bits per heavy atom. The molecule has 1 unspecified atom stereocenters.